The molecule has 0 aliphatic carbocycles. The van der Waals surface area contributed by atoms with Gasteiger partial charge in [-0.15, -0.1) is 24.0 Å². The summed E-state index contributed by atoms with van der Waals surface area (Å²) >= 11 is 0. The Balaban J connectivity index is 0.00000288. The molecule has 0 aromatic rings. The normalized spacial score (nSPS) is 21.5. The van der Waals surface area contributed by atoms with Gasteiger partial charge in [-0.1, -0.05) is 20.3 Å². The number of amides is 1. The van der Waals surface area contributed by atoms with Crippen LogP contribution in [-0.2, 0) is 4.79 Å². The number of nitrogens with one attached hydrogen (secondary N) is 1. The number of carbonyl (C=O) groups is 1. The van der Waals surface area contributed by atoms with Crippen molar-refractivity contribution in [2.75, 3.05) is 39.3 Å². The molecule has 1 amide bonds. The molecule has 1 N–H and O–H groups in total. The Bertz CT molecular complexity index is 425. The predicted molar refractivity (Wildman–Crippen MR) is 111 cm³/mol. The molecule has 0 bridgehead atoms. The third-order valence-corrected chi connectivity index (χ3v) is 4.83. The summed E-state index contributed by atoms with van der Waals surface area (Å²) in [5.74, 6) is 1.37. The van der Waals surface area contributed by atoms with E-state index in [-0.39, 0.29) is 24.0 Å². The minimum atomic E-state index is 0. The van der Waals surface area contributed by atoms with E-state index in [1.807, 2.05) is 4.90 Å². The highest BCUT2D eigenvalue weighted by Crippen LogP contribution is 2.28. The minimum absolute atomic E-state index is 0. The number of hydrogen-bond acceptors (Lipinski definition) is 2. The summed E-state index contributed by atoms with van der Waals surface area (Å²) in [6, 6.07) is 0. The quantitative estimate of drug-likeness (QED) is 0.303. The van der Waals surface area contributed by atoms with Crippen LogP contribution < -0.4 is 5.32 Å². The standard InChI is InChI=1S/C18H34N4O.HI/c1-4-19-17(22-14-10-18(2,3)15-22)20-11-8-13-21-12-7-5-6-9-16(21)23;/h4-15H2,1-3H3,(H,19,20);1H. The van der Waals surface area contributed by atoms with Crippen LogP contribution in [0.3, 0.4) is 0 Å². The molecule has 0 atom stereocenters. The number of halogens is 1. The molecule has 2 aliphatic rings. The largest absolute Gasteiger partial charge is 0.357 e. The first kappa shape index (κ1) is 21.5. The SMILES string of the molecule is CCNC(=NCCCN1CCCCCC1=O)N1CCC(C)(C)C1.I. The van der Waals surface area contributed by atoms with Crippen molar-refractivity contribution in [3.63, 3.8) is 0 Å². The molecule has 0 spiro atoms. The molecule has 0 aromatic carbocycles. The summed E-state index contributed by atoms with van der Waals surface area (Å²) in [6.07, 6.45) is 6.31. The molecule has 0 saturated carbocycles. The van der Waals surface area contributed by atoms with E-state index in [9.17, 15) is 4.79 Å². The molecule has 2 aliphatic heterocycles. The molecule has 2 rings (SSSR count). The fraction of sp³-hybridized carbons (Fsp3) is 0.889. The van der Waals surface area contributed by atoms with E-state index in [1.54, 1.807) is 0 Å². The maximum Gasteiger partial charge on any atom is 0.222 e. The van der Waals surface area contributed by atoms with Crippen molar-refractivity contribution in [3.8, 4) is 0 Å². The Morgan fingerprint density at radius 2 is 2.04 bits per heavy atom. The average molecular weight is 450 g/mol. The zero-order valence-corrected chi connectivity index (χ0v) is 18.0. The van der Waals surface area contributed by atoms with E-state index in [2.05, 4.69) is 31.0 Å². The van der Waals surface area contributed by atoms with Gasteiger partial charge in [0.1, 0.15) is 0 Å². The van der Waals surface area contributed by atoms with Gasteiger partial charge < -0.3 is 15.1 Å². The topological polar surface area (TPSA) is 47.9 Å². The van der Waals surface area contributed by atoms with Crippen molar-refractivity contribution in [1.29, 1.82) is 0 Å². The molecule has 2 heterocycles. The second-order valence-electron chi connectivity index (χ2n) is 7.62. The smallest absolute Gasteiger partial charge is 0.222 e. The van der Waals surface area contributed by atoms with Gasteiger partial charge in [0.2, 0.25) is 5.91 Å². The molecule has 2 fully saturated rings. The molecular weight excluding hydrogens is 415 g/mol. The molecule has 0 unspecified atom stereocenters. The number of nitrogens with zero attached hydrogens (tertiary/aromatic N) is 3. The van der Waals surface area contributed by atoms with E-state index < -0.39 is 0 Å². The summed E-state index contributed by atoms with van der Waals surface area (Å²) < 4.78 is 0. The second kappa shape index (κ2) is 10.5. The lowest BCUT2D eigenvalue weighted by molar-refractivity contribution is -0.130. The van der Waals surface area contributed by atoms with Crippen LogP contribution in [0.5, 0.6) is 0 Å². The predicted octanol–water partition coefficient (Wildman–Crippen LogP) is 3.09. The highest BCUT2D eigenvalue weighted by molar-refractivity contribution is 14.0. The van der Waals surface area contributed by atoms with Gasteiger partial charge in [0.05, 0.1) is 0 Å². The number of aliphatic imine (C=N–C) groups is 1. The maximum absolute atomic E-state index is 12.0. The van der Waals surface area contributed by atoms with E-state index >= 15 is 0 Å². The summed E-state index contributed by atoms with van der Waals surface area (Å²) in [6.45, 7) is 12.4. The zero-order valence-electron chi connectivity index (χ0n) is 15.6. The van der Waals surface area contributed by atoms with Crippen molar-refractivity contribution in [1.82, 2.24) is 15.1 Å². The Morgan fingerprint density at radius 1 is 1.25 bits per heavy atom. The number of rotatable bonds is 5. The second-order valence-corrected chi connectivity index (χ2v) is 7.62. The Labute approximate surface area is 164 Å². The van der Waals surface area contributed by atoms with Crippen LogP contribution in [0.25, 0.3) is 0 Å². The van der Waals surface area contributed by atoms with Crippen molar-refractivity contribution in [2.45, 2.75) is 59.3 Å². The van der Waals surface area contributed by atoms with Gasteiger partial charge in [0.25, 0.3) is 0 Å². The number of guanidine groups is 1. The fourth-order valence-corrected chi connectivity index (χ4v) is 3.44. The first-order valence-electron chi connectivity index (χ1n) is 9.33. The van der Waals surface area contributed by atoms with Gasteiger partial charge in [-0.25, -0.2) is 0 Å². The van der Waals surface area contributed by atoms with Gasteiger partial charge in [-0.3, -0.25) is 9.79 Å². The van der Waals surface area contributed by atoms with E-state index in [0.717, 1.165) is 70.9 Å². The first-order chi connectivity index (χ1) is 11.0. The highest BCUT2D eigenvalue weighted by Gasteiger charge is 2.30. The van der Waals surface area contributed by atoms with Crippen LogP contribution in [0, 0.1) is 5.41 Å². The number of carbonyl (C=O) groups excluding carboxylic acids is 1. The van der Waals surface area contributed by atoms with Crippen molar-refractivity contribution >= 4 is 35.8 Å². The maximum atomic E-state index is 12.0. The van der Waals surface area contributed by atoms with Crippen molar-refractivity contribution < 1.29 is 4.79 Å². The Kier molecular flexibility index (Phi) is 9.37. The summed E-state index contributed by atoms with van der Waals surface area (Å²) in [5.41, 5.74) is 0.384. The van der Waals surface area contributed by atoms with E-state index in [0.29, 0.717) is 11.3 Å². The molecule has 2 saturated heterocycles. The molecule has 0 radical (unpaired) electrons. The molecule has 140 valence electrons. The van der Waals surface area contributed by atoms with Crippen molar-refractivity contribution in [3.05, 3.63) is 0 Å². The monoisotopic (exact) mass is 450 g/mol. The van der Waals surface area contributed by atoms with Crippen LogP contribution in [-0.4, -0.2) is 60.9 Å². The molecule has 6 heteroatoms. The van der Waals surface area contributed by atoms with Gasteiger partial charge in [0, 0.05) is 45.7 Å². The molecule has 24 heavy (non-hydrogen) atoms. The average Bonchev–Trinajstić information content (AvgIpc) is 2.74. The summed E-state index contributed by atoms with van der Waals surface area (Å²) in [5, 5.41) is 3.41. The van der Waals surface area contributed by atoms with Gasteiger partial charge in [-0.2, -0.15) is 0 Å². The van der Waals surface area contributed by atoms with Gasteiger partial charge in [-0.05, 0) is 38.0 Å². The first-order valence-corrected chi connectivity index (χ1v) is 9.33. The number of hydrogen-bond donors (Lipinski definition) is 1. The lowest BCUT2D eigenvalue weighted by atomic mass is 9.93. The minimum Gasteiger partial charge on any atom is -0.357 e. The Morgan fingerprint density at radius 3 is 2.71 bits per heavy atom. The highest BCUT2D eigenvalue weighted by atomic mass is 127. The Hall–Kier alpha value is -0.530. The van der Waals surface area contributed by atoms with Crippen LogP contribution >= 0.6 is 24.0 Å². The zero-order chi connectivity index (χ0) is 16.7. The molecule has 5 nitrogen and oxygen atoms in total. The van der Waals surface area contributed by atoms with Crippen molar-refractivity contribution in [2.24, 2.45) is 10.4 Å². The molecular formula is C18H35IN4O. The van der Waals surface area contributed by atoms with Crippen LogP contribution in [0.1, 0.15) is 59.3 Å². The summed E-state index contributed by atoms with van der Waals surface area (Å²) in [7, 11) is 0. The molecule has 0 aromatic heterocycles. The van der Waals surface area contributed by atoms with Gasteiger partial charge in [0.15, 0.2) is 5.96 Å². The summed E-state index contributed by atoms with van der Waals surface area (Å²) in [4.78, 5) is 21.2. The fourth-order valence-electron chi connectivity index (χ4n) is 3.44. The van der Waals surface area contributed by atoms with Crippen LogP contribution in [0.15, 0.2) is 4.99 Å². The van der Waals surface area contributed by atoms with Crippen LogP contribution in [0.4, 0.5) is 0 Å². The lowest BCUT2D eigenvalue weighted by Crippen LogP contribution is -2.41. The van der Waals surface area contributed by atoms with Crippen LogP contribution in [0.2, 0.25) is 0 Å². The van der Waals surface area contributed by atoms with Gasteiger partial charge >= 0.3 is 0 Å². The van der Waals surface area contributed by atoms with E-state index in [1.165, 1.54) is 12.8 Å². The third-order valence-electron chi connectivity index (χ3n) is 4.83. The lowest BCUT2D eigenvalue weighted by Gasteiger charge is -2.24. The number of likely N-dealkylation sites (tertiary alicyclic amines) is 2. The van der Waals surface area contributed by atoms with E-state index in [4.69, 9.17) is 4.99 Å². The third kappa shape index (κ3) is 6.76.